The highest BCUT2D eigenvalue weighted by atomic mass is 35.5. The van der Waals surface area contributed by atoms with E-state index in [1.807, 2.05) is 12.2 Å². The number of imide groups is 1. The van der Waals surface area contributed by atoms with Crippen LogP contribution < -0.4 is 5.32 Å². The van der Waals surface area contributed by atoms with Gasteiger partial charge in [0.05, 0.1) is 11.8 Å². The van der Waals surface area contributed by atoms with Gasteiger partial charge >= 0.3 is 0 Å². The number of hydrogen-bond acceptors (Lipinski definition) is 3. The van der Waals surface area contributed by atoms with Crippen LogP contribution in [-0.4, -0.2) is 29.2 Å². The molecule has 3 amide bonds. The third-order valence-corrected chi connectivity index (χ3v) is 4.48. The van der Waals surface area contributed by atoms with Crippen molar-refractivity contribution in [3.8, 4) is 0 Å². The molecular weight excluding hydrogens is 339 g/mol. The zero-order valence-corrected chi connectivity index (χ0v) is 13.6. The summed E-state index contributed by atoms with van der Waals surface area (Å²) < 4.78 is 0. The van der Waals surface area contributed by atoms with Crippen molar-refractivity contribution in [1.82, 2.24) is 4.90 Å². The molecule has 2 aliphatic rings. The standard InChI is InChI=1S/C16H14Cl2N2O3/c17-9-5-10(18)7-11(6-9)19-14(21)8-20-15(22)12-3-1-2-4-13(12)16(20)23/h1-2,5-7,12-13H,3-4,8H2,(H,19,21). The maximum atomic E-state index is 12.3. The van der Waals surface area contributed by atoms with Gasteiger partial charge in [-0.15, -0.1) is 0 Å². The number of carbonyl (C=O) groups is 3. The molecule has 23 heavy (non-hydrogen) atoms. The summed E-state index contributed by atoms with van der Waals surface area (Å²) in [5.41, 5.74) is 0.422. The number of fused-ring (bicyclic) bond motifs is 1. The molecule has 1 heterocycles. The number of benzene rings is 1. The van der Waals surface area contributed by atoms with E-state index in [4.69, 9.17) is 23.2 Å². The van der Waals surface area contributed by atoms with Crippen LogP contribution in [0.5, 0.6) is 0 Å². The molecule has 0 saturated carbocycles. The number of allylic oxidation sites excluding steroid dienone is 2. The fourth-order valence-electron chi connectivity index (χ4n) is 2.99. The van der Waals surface area contributed by atoms with Crippen LogP contribution in [0.1, 0.15) is 12.8 Å². The lowest BCUT2D eigenvalue weighted by Crippen LogP contribution is -2.38. The maximum absolute atomic E-state index is 12.3. The predicted molar refractivity (Wildman–Crippen MR) is 87.2 cm³/mol. The molecule has 120 valence electrons. The minimum Gasteiger partial charge on any atom is -0.324 e. The molecule has 0 spiro atoms. The Morgan fingerprint density at radius 2 is 1.57 bits per heavy atom. The van der Waals surface area contributed by atoms with Crippen molar-refractivity contribution in [2.24, 2.45) is 11.8 Å². The van der Waals surface area contributed by atoms with E-state index in [2.05, 4.69) is 5.32 Å². The molecule has 1 aromatic rings. The van der Waals surface area contributed by atoms with Gasteiger partial charge in [0.25, 0.3) is 0 Å². The van der Waals surface area contributed by atoms with E-state index in [0.29, 0.717) is 28.6 Å². The predicted octanol–water partition coefficient (Wildman–Crippen LogP) is 2.88. The highest BCUT2D eigenvalue weighted by Gasteiger charge is 2.47. The van der Waals surface area contributed by atoms with Gasteiger partial charge in [0, 0.05) is 15.7 Å². The van der Waals surface area contributed by atoms with Crippen LogP contribution in [0, 0.1) is 11.8 Å². The Morgan fingerprint density at radius 1 is 1.04 bits per heavy atom. The van der Waals surface area contributed by atoms with E-state index in [0.717, 1.165) is 4.90 Å². The first kappa shape index (κ1) is 16.0. The Morgan fingerprint density at radius 3 is 2.09 bits per heavy atom. The highest BCUT2D eigenvalue weighted by molar-refractivity contribution is 6.35. The fraction of sp³-hybridized carbons (Fsp3) is 0.312. The second-order valence-electron chi connectivity index (χ2n) is 5.62. The molecule has 1 N–H and O–H groups in total. The molecule has 7 heteroatoms. The minimum absolute atomic E-state index is 0.274. The lowest BCUT2D eigenvalue weighted by atomic mass is 9.85. The van der Waals surface area contributed by atoms with E-state index >= 15 is 0 Å². The molecule has 2 atom stereocenters. The van der Waals surface area contributed by atoms with Gasteiger partial charge in [-0.25, -0.2) is 0 Å². The third-order valence-electron chi connectivity index (χ3n) is 4.05. The van der Waals surface area contributed by atoms with Gasteiger partial charge in [-0.1, -0.05) is 35.4 Å². The minimum atomic E-state index is -0.461. The molecule has 3 rings (SSSR count). The van der Waals surface area contributed by atoms with E-state index < -0.39 is 5.91 Å². The number of halogens is 2. The normalized spacial score (nSPS) is 23.1. The SMILES string of the molecule is O=C(CN1C(=O)C2CC=CCC2C1=O)Nc1cc(Cl)cc(Cl)c1. The van der Waals surface area contributed by atoms with Crippen molar-refractivity contribution in [2.45, 2.75) is 12.8 Å². The Hall–Kier alpha value is -1.85. The molecular formula is C16H14Cl2N2O3. The van der Waals surface area contributed by atoms with Gasteiger partial charge in [-0.05, 0) is 31.0 Å². The Balaban J connectivity index is 1.68. The van der Waals surface area contributed by atoms with Gasteiger partial charge < -0.3 is 5.32 Å². The monoisotopic (exact) mass is 352 g/mol. The molecule has 5 nitrogen and oxygen atoms in total. The summed E-state index contributed by atoms with van der Waals surface area (Å²) in [5.74, 6) is -1.68. The van der Waals surface area contributed by atoms with Gasteiger partial charge in [0.2, 0.25) is 17.7 Å². The van der Waals surface area contributed by atoms with Crippen LogP contribution in [0.4, 0.5) is 5.69 Å². The number of likely N-dealkylation sites (tertiary alicyclic amines) is 1. The quantitative estimate of drug-likeness (QED) is 0.671. The summed E-state index contributed by atoms with van der Waals surface area (Å²) in [7, 11) is 0. The van der Waals surface area contributed by atoms with Gasteiger partial charge in [-0.3, -0.25) is 19.3 Å². The first-order valence-electron chi connectivity index (χ1n) is 7.22. The highest BCUT2D eigenvalue weighted by Crippen LogP contribution is 2.34. The number of nitrogens with zero attached hydrogens (tertiary/aromatic N) is 1. The summed E-state index contributed by atoms with van der Waals surface area (Å²) >= 11 is 11.7. The number of amides is 3. The molecule has 1 aliphatic heterocycles. The number of nitrogens with one attached hydrogen (secondary N) is 1. The molecule has 0 aromatic heterocycles. The van der Waals surface area contributed by atoms with E-state index in [-0.39, 0.29) is 30.2 Å². The van der Waals surface area contributed by atoms with Crippen LogP contribution in [0.25, 0.3) is 0 Å². The summed E-state index contributed by atoms with van der Waals surface area (Å²) in [4.78, 5) is 37.8. The largest absolute Gasteiger partial charge is 0.324 e. The number of hydrogen-bond donors (Lipinski definition) is 1. The van der Waals surface area contributed by atoms with Crippen LogP contribution in [0.15, 0.2) is 30.4 Å². The summed E-state index contributed by atoms with van der Waals surface area (Å²) in [6.07, 6.45) is 4.92. The molecule has 1 fully saturated rings. The maximum Gasteiger partial charge on any atom is 0.244 e. The number of carbonyl (C=O) groups excluding carboxylic acids is 3. The first-order chi connectivity index (χ1) is 11.0. The van der Waals surface area contributed by atoms with Gasteiger partial charge in [0.1, 0.15) is 6.54 Å². The average molecular weight is 353 g/mol. The molecule has 0 radical (unpaired) electrons. The van der Waals surface area contributed by atoms with Crippen molar-refractivity contribution in [3.05, 3.63) is 40.4 Å². The lowest BCUT2D eigenvalue weighted by molar-refractivity contribution is -0.142. The van der Waals surface area contributed by atoms with Crippen LogP contribution >= 0.6 is 23.2 Å². The van der Waals surface area contributed by atoms with Crippen LogP contribution in [-0.2, 0) is 14.4 Å². The van der Waals surface area contributed by atoms with Gasteiger partial charge in [-0.2, -0.15) is 0 Å². The van der Waals surface area contributed by atoms with Crippen LogP contribution in [0.3, 0.4) is 0 Å². The molecule has 1 aliphatic carbocycles. The Bertz CT molecular complexity index is 671. The second kappa shape index (κ2) is 6.34. The summed E-state index contributed by atoms with van der Waals surface area (Å²) in [5, 5.41) is 3.38. The van der Waals surface area contributed by atoms with Crippen molar-refractivity contribution in [2.75, 3.05) is 11.9 Å². The van der Waals surface area contributed by atoms with Crippen molar-refractivity contribution in [3.63, 3.8) is 0 Å². The lowest BCUT2D eigenvalue weighted by Gasteiger charge is -2.14. The summed E-state index contributed by atoms with van der Waals surface area (Å²) in [6, 6.07) is 4.63. The topological polar surface area (TPSA) is 66.5 Å². The molecule has 1 aromatic carbocycles. The number of anilines is 1. The van der Waals surface area contributed by atoms with Crippen molar-refractivity contribution in [1.29, 1.82) is 0 Å². The fourth-order valence-corrected chi connectivity index (χ4v) is 3.52. The Labute approximate surface area is 143 Å². The summed E-state index contributed by atoms with van der Waals surface area (Å²) in [6.45, 7) is -0.297. The molecule has 2 unspecified atom stereocenters. The van der Waals surface area contributed by atoms with E-state index in [1.54, 1.807) is 18.2 Å². The molecule has 0 bridgehead atoms. The third kappa shape index (κ3) is 3.26. The van der Waals surface area contributed by atoms with Crippen molar-refractivity contribution >= 4 is 46.6 Å². The number of rotatable bonds is 3. The van der Waals surface area contributed by atoms with Gasteiger partial charge in [0.15, 0.2) is 0 Å². The Kier molecular flexibility index (Phi) is 4.41. The van der Waals surface area contributed by atoms with Crippen LogP contribution in [0.2, 0.25) is 10.0 Å². The molecule has 1 saturated heterocycles. The smallest absolute Gasteiger partial charge is 0.244 e. The van der Waals surface area contributed by atoms with E-state index in [1.165, 1.54) is 0 Å². The van der Waals surface area contributed by atoms with Crippen molar-refractivity contribution < 1.29 is 14.4 Å². The second-order valence-corrected chi connectivity index (χ2v) is 6.50. The zero-order valence-electron chi connectivity index (χ0n) is 12.1. The van der Waals surface area contributed by atoms with E-state index in [9.17, 15) is 14.4 Å². The average Bonchev–Trinajstić information content (AvgIpc) is 2.72. The zero-order chi connectivity index (χ0) is 16.6. The first-order valence-corrected chi connectivity index (χ1v) is 7.97.